The van der Waals surface area contributed by atoms with Crippen molar-refractivity contribution in [2.45, 2.75) is 31.8 Å². The Balaban J connectivity index is 1.77. The van der Waals surface area contributed by atoms with Gasteiger partial charge in [-0.25, -0.2) is 0 Å². The van der Waals surface area contributed by atoms with Gasteiger partial charge in [-0.2, -0.15) is 0 Å². The molecule has 0 saturated carbocycles. The number of carbonyl (C=O) groups excluding carboxylic acids is 1. The predicted molar refractivity (Wildman–Crippen MR) is 96.1 cm³/mol. The summed E-state index contributed by atoms with van der Waals surface area (Å²) in [4.78, 5) is 24.5. The smallest absolute Gasteiger partial charge is 0.273 e. The van der Waals surface area contributed by atoms with E-state index in [2.05, 4.69) is 10.6 Å². The van der Waals surface area contributed by atoms with E-state index in [1.54, 1.807) is 11.3 Å². The molecule has 1 aromatic carbocycles. The summed E-state index contributed by atoms with van der Waals surface area (Å²) in [5.74, 6) is -0.477. The summed E-state index contributed by atoms with van der Waals surface area (Å²) in [6.45, 7) is 0. The molecular weight excluding hydrogens is 358 g/mol. The SMILES string of the molecule is COc1cc([N+](=O)[O-])cc([C@H]2NC(=O)c3c(sc4c3CCCC4)N2)c1O. The number of nitrogens with zero attached hydrogens (tertiary/aromatic N) is 1. The van der Waals surface area contributed by atoms with Gasteiger partial charge >= 0.3 is 0 Å². The van der Waals surface area contributed by atoms with Gasteiger partial charge < -0.3 is 20.5 Å². The zero-order valence-electron chi connectivity index (χ0n) is 14.0. The van der Waals surface area contributed by atoms with Gasteiger partial charge in [0.15, 0.2) is 11.5 Å². The molecule has 0 saturated heterocycles. The summed E-state index contributed by atoms with van der Waals surface area (Å²) >= 11 is 1.55. The first-order valence-electron chi connectivity index (χ1n) is 8.26. The fraction of sp³-hybridized carbons (Fsp3) is 0.353. The molecule has 1 amide bonds. The number of hydrogen-bond donors (Lipinski definition) is 3. The maximum Gasteiger partial charge on any atom is 0.273 e. The van der Waals surface area contributed by atoms with Crippen LogP contribution in [0.4, 0.5) is 10.7 Å². The lowest BCUT2D eigenvalue weighted by Gasteiger charge is -2.27. The van der Waals surface area contributed by atoms with E-state index < -0.39 is 11.1 Å². The first-order valence-corrected chi connectivity index (χ1v) is 9.08. The molecule has 0 spiro atoms. The molecule has 26 heavy (non-hydrogen) atoms. The Kier molecular flexibility index (Phi) is 3.95. The zero-order valence-corrected chi connectivity index (χ0v) is 14.8. The number of benzene rings is 1. The van der Waals surface area contributed by atoms with Gasteiger partial charge in [0.2, 0.25) is 0 Å². The summed E-state index contributed by atoms with van der Waals surface area (Å²) < 4.78 is 5.04. The number of aryl methyl sites for hydroxylation is 1. The number of hydrogen-bond acceptors (Lipinski definition) is 7. The highest BCUT2D eigenvalue weighted by molar-refractivity contribution is 7.16. The highest BCUT2D eigenvalue weighted by atomic mass is 32.1. The molecule has 3 N–H and O–H groups in total. The number of carbonyl (C=O) groups is 1. The van der Waals surface area contributed by atoms with Gasteiger partial charge in [-0.3, -0.25) is 14.9 Å². The molecule has 2 aromatic rings. The normalized spacial score (nSPS) is 18.3. The predicted octanol–water partition coefficient (Wildman–Crippen LogP) is 3.10. The Labute approximate surface area is 152 Å². The third kappa shape index (κ3) is 2.55. The van der Waals surface area contributed by atoms with Crippen molar-refractivity contribution in [1.29, 1.82) is 0 Å². The fourth-order valence-electron chi connectivity index (χ4n) is 3.53. The van der Waals surface area contributed by atoms with Crippen LogP contribution in [0.5, 0.6) is 11.5 Å². The zero-order chi connectivity index (χ0) is 18.4. The van der Waals surface area contributed by atoms with Crippen molar-refractivity contribution in [2.24, 2.45) is 0 Å². The first kappa shape index (κ1) is 16.6. The number of phenolic OH excluding ortho intramolecular Hbond substituents is 1. The largest absolute Gasteiger partial charge is 0.504 e. The molecule has 1 aromatic heterocycles. The van der Waals surface area contributed by atoms with Crippen molar-refractivity contribution in [3.05, 3.63) is 43.8 Å². The van der Waals surface area contributed by atoms with Crippen LogP contribution in [0.25, 0.3) is 0 Å². The van der Waals surface area contributed by atoms with Crippen molar-refractivity contribution < 1.29 is 19.6 Å². The Morgan fingerprint density at radius 2 is 2.08 bits per heavy atom. The first-order chi connectivity index (χ1) is 12.5. The van der Waals surface area contributed by atoms with Gasteiger partial charge in [0, 0.05) is 16.5 Å². The van der Waals surface area contributed by atoms with Crippen LogP contribution in [0.1, 0.15) is 45.4 Å². The van der Waals surface area contributed by atoms with Crippen LogP contribution >= 0.6 is 11.3 Å². The average Bonchev–Trinajstić information content (AvgIpc) is 3.00. The molecule has 2 heterocycles. The third-order valence-corrected chi connectivity index (χ3v) is 6.00. The van der Waals surface area contributed by atoms with Gasteiger partial charge in [-0.05, 0) is 31.2 Å². The number of non-ortho nitro benzene ring substituents is 1. The molecule has 136 valence electrons. The molecule has 0 radical (unpaired) electrons. The lowest BCUT2D eigenvalue weighted by Crippen LogP contribution is -2.38. The van der Waals surface area contributed by atoms with Gasteiger partial charge in [0.1, 0.15) is 11.2 Å². The number of nitrogens with one attached hydrogen (secondary N) is 2. The van der Waals surface area contributed by atoms with Gasteiger partial charge in [0.05, 0.1) is 23.7 Å². The van der Waals surface area contributed by atoms with E-state index in [4.69, 9.17) is 4.74 Å². The van der Waals surface area contributed by atoms with Crippen molar-refractivity contribution in [3.8, 4) is 11.5 Å². The standard InChI is InChI=1S/C17H17N3O5S/c1-25-11-7-8(20(23)24)6-10(14(11)21)15-18-16(22)13-9-4-2-3-5-12(9)26-17(13)19-15/h6-7,15,19,21H,2-5H2,1H3,(H,18,22)/t15-/m0/s1. The number of anilines is 1. The van der Waals surface area contributed by atoms with E-state index in [9.17, 15) is 20.0 Å². The number of fused-ring (bicyclic) bond motifs is 3. The van der Waals surface area contributed by atoms with E-state index in [0.29, 0.717) is 5.56 Å². The molecule has 1 aliphatic carbocycles. The van der Waals surface area contributed by atoms with E-state index in [0.717, 1.165) is 42.3 Å². The van der Waals surface area contributed by atoms with E-state index in [-0.39, 0.29) is 28.7 Å². The molecule has 9 heteroatoms. The molecule has 0 fully saturated rings. The van der Waals surface area contributed by atoms with E-state index in [1.807, 2.05) is 0 Å². The quantitative estimate of drug-likeness (QED) is 0.561. The van der Waals surface area contributed by atoms with Crippen molar-refractivity contribution >= 4 is 27.9 Å². The number of rotatable bonds is 3. The number of amides is 1. The van der Waals surface area contributed by atoms with Crippen LogP contribution in [-0.4, -0.2) is 23.0 Å². The van der Waals surface area contributed by atoms with Crippen molar-refractivity contribution in [1.82, 2.24) is 5.32 Å². The van der Waals surface area contributed by atoms with Crippen molar-refractivity contribution in [2.75, 3.05) is 12.4 Å². The second-order valence-electron chi connectivity index (χ2n) is 6.31. The number of nitro benzene ring substituents is 1. The number of ether oxygens (including phenoxy) is 1. The van der Waals surface area contributed by atoms with Crippen LogP contribution in [0, 0.1) is 10.1 Å². The number of thiophene rings is 1. The minimum atomic E-state index is -0.774. The second-order valence-corrected chi connectivity index (χ2v) is 7.41. The van der Waals surface area contributed by atoms with Crippen LogP contribution in [0.15, 0.2) is 12.1 Å². The summed E-state index contributed by atoms with van der Waals surface area (Å²) in [6.07, 6.45) is 3.25. The molecule has 1 aliphatic heterocycles. The molecule has 4 rings (SSSR count). The lowest BCUT2D eigenvalue weighted by molar-refractivity contribution is -0.385. The molecule has 0 unspecified atom stereocenters. The Morgan fingerprint density at radius 3 is 2.81 bits per heavy atom. The fourth-order valence-corrected chi connectivity index (χ4v) is 4.84. The van der Waals surface area contributed by atoms with E-state index >= 15 is 0 Å². The number of aromatic hydroxyl groups is 1. The van der Waals surface area contributed by atoms with E-state index in [1.165, 1.54) is 18.1 Å². The Hall–Kier alpha value is -2.81. The minimum absolute atomic E-state index is 0.0125. The lowest BCUT2D eigenvalue weighted by atomic mass is 9.94. The second kappa shape index (κ2) is 6.17. The summed E-state index contributed by atoms with van der Waals surface area (Å²) in [5.41, 5.74) is 1.74. The highest BCUT2D eigenvalue weighted by Crippen LogP contribution is 2.44. The van der Waals surface area contributed by atoms with Crippen LogP contribution in [-0.2, 0) is 12.8 Å². The topological polar surface area (TPSA) is 114 Å². The number of nitro groups is 1. The molecule has 1 atom stereocenters. The maximum atomic E-state index is 12.7. The average molecular weight is 375 g/mol. The molecular formula is C17H17N3O5S. The Bertz CT molecular complexity index is 924. The van der Waals surface area contributed by atoms with Gasteiger partial charge in [-0.15, -0.1) is 11.3 Å². The summed E-state index contributed by atoms with van der Waals surface area (Å²) in [5, 5.41) is 28.3. The highest BCUT2D eigenvalue weighted by Gasteiger charge is 2.34. The van der Waals surface area contributed by atoms with Crippen LogP contribution in [0.2, 0.25) is 0 Å². The van der Waals surface area contributed by atoms with Gasteiger partial charge in [-0.1, -0.05) is 0 Å². The maximum absolute atomic E-state index is 12.7. The van der Waals surface area contributed by atoms with Crippen molar-refractivity contribution in [3.63, 3.8) is 0 Å². The minimum Gasteiger partial charge on any atom is -0.504 e. The molecule has 0 bridgehead atoms. The Morgan fingerprint density at radius 1 is 1.31 bits per heavy atom. The van der Waals surface area contributed by atoms with Crippen LogP contribution < -0.4 is 15.4 Å². The van der Waals surface area contributed by atoms with Gasteiger partial charge in [0.25, 0.3) is 11.6 Å². The third-order valence-electron chi connectivity index (χ3n) is 4.78. The van der Waals surface area contributed by atoms with Crippen LogP contribution in [0.3, 0.4) is 0 Å². The molecule has 2 aliphatic rings. The number of methoxy groups -OCH3 is 1. The summed E-state index contributed by atoms with van der Waals surface area (Å²) in [6, 6.07) is 2.40. The monoisotopic (exact) mass is 375 g/mol. The number of phenols is 1. The molecule has 8 nitrogen and oxygen atoms in total. The summed E-state index contributed by atoms with van der Waals surface area (Å²) in [7, 11) is 1.32.